The molecule has 0 radical (unpaired) electrons. The first-order chi connectivity index (χ1) is 10.2. The second-order valence-corrected chi connectivity index (χ2v) is 7.32. The maximum Gasteiger partial charge on any atom is 0.120 e. The molecule has 0 aliphatic heterocycles. The van der Waals surface area contributed by atoms with E-state index >= 15 is 0 Å². The van der Waals surface area contributed by atoms with E-state index in [1.165, 1.54) is 19.8 Å². The summed E-state index contributed by atoms with van der Waals surface area (Å²) in [6, 6.07) is 13.1. The summed E-state index contributed by atoms with van der Waals surface area (Å²) in [5.74, 6) is 0.932. The number of benzene rings is 1. The van der Waals surface area contributed by atoms with Crippen molar-refractivity contribution in [2.45, 2.75) is 26.0 Å². The lowest BCUT2D eigenvalue weighted by molar-refractivity contribution is 0.242. The van der Waals surface area contributed by atoms with Gasteiger partial charge in [-0.25, -0.2) is 0 Å². The molecule has 2 aromatic heterocycles. The highest BCUT2D eigenvalue weighted by atomic mass is 32.1. The second-order valence-electron chi connectivity index (χ2n) is 5.26. The molecule has 0 bridgehead atoms. The van der Waals surface area contributed by atoms with Crippen LogP contribution in [0.2, 0.25) is 0 Å². The standard InChI is InChI=1S/C17H19NOS2/c1-11(2)19-13-6-4-5-12(9-13)17(18-3)16-10-15-14(21-16)7-8-20-15/h4-11,17-18H,1-3H3. The molecule has 0 fully saturated rings. The van der Waals surface area contributed by atoms with Gasteiger partial charge in [-0.1, -0.05) is 12.1 Å². The van der Waals surface area contributed by atoms with E-state index in [0.29, 0.717) is 0 Å². The first kappa shape index (κ1) is 14.6. The fourth-order valence-corrected chi connectivity index (χ4v) is 4.70. The average molecular weight is 317 g/mol. The van der Waals surface area contributed by atoms with E-state index < -0.39 is 0 Å². The van der Waals surface area contributed by atoms with Gasteiger partial charge in [0.1, 0.15) is 5.75 Å². The van der Waals surface area contributed by atoms with Crippen molar-refractivity contribution >= 4 is 32.1 Å². The van der Waals surface area contributed by atoms with Crippen molar-refractivity contribution in [3.05, 3.63) is 52.2 Å². The Hall–Kier alpha value is -1.36. The lowest BCUT2D eigenvalue weighted by atomic mass is 10.1. The molecule has 1 atom stereocenters. The summed E-state index contributed by atoms with van der Waals surface area (Å²) in [5.41, 5.74) is 1.24. The second kappa shape index (κ2) is 6.18. The number of fused-ring (bicyclic) bond motifs is 1. The summed E-state index contributed by atoms with van der Waals surface area (Å²) in [5, 5.41) is 5.57. The number of hydrogen-bond acceptors (Lipinski definition) is 4. The van der Waals surface area contributed by atoms with E-state index in [9.17, 15) is 0 Å². The van der Waals surface area contributed by atoms with Crippen molar-refractivity contribution < 1.29 is 4.74 Å². The molecule has 2 nitrogen and oxygen atoms in total. The summed E-state index contributed by atoms with van der Waals surface area (Å²) in [6.07, 6.45) is 0.195. The van der Waals surface area contributed by atoms with Gasteiger partial charge in [0.25, 0.3) is 0 Å². The topological polar surface area (TPSA) is 21.3 Å². The molecule has 0 saturated carbocycles. The first-order valence-corrected chi connectivity index (χ1v) is 8.78. The SMILES string of the molecule is CNC(c1cccc(OC(C)C)c1)c1cc2sccc2s1. The number of nitrogens with one attached hydrogen (secondary N) is 1. The third kappa shape index (κ3) is 3.12. The van der Waals surface area contributed by atoms with E-state index in [2.05, 4.69) is 54.9 Å². The molecule has 0 aliphatic carbocycles. The van der Waals surface area contributed by atoms with Crippen LogP contribution in [0.25, 0.3) is 9.40 Å². The van der Waals surface area contributed by atoms with Crippen LogP contribution < -0.4 is 10.1 Å². The maximum atomic E-state index is 5.81. The molecule has 21 heavy (non-hydrogen) atoms. The highest BCUT2D eigenvalue weighted by molar-refractivity contribution is 7.27. The van der Waals surface area contributed by atoms with Crippen LogP contribution in [0, 0.1) is 0 Å². The molecule has 1 N–H and O–H groups in total. The Morgan fingerprint density at radius 3 is 2.67 bits per heavy atom. The largest absolute Gasteiger partial charge is 0.491 e. The monoisotopic (exact) mass is 317 g/mol. The van der Waals surface area contributed by atoms with Gasteiger partial charge in [0.15, 0.2) is 0 Å². The smallest absolute Gasteiger partial charge is 0.120 e. The molecule has 1 aromatic carbocycles. The van der Waals surface area contributed by atoms with Crippen molar-refractivity contribution in [3.63, 3.8) is 0 Å². The van der Waals surface area contributed by atoms with Crippen LogP contribution in [-0.2, 0) is 0 Å². The summed E-state index contributed by atoms with van der Waals surface area (Å²) in [4.78, 5) is 1.35. The third-order valence-corrected chi connectivity index (χ3v) is 5.45. The van der Waals surface area contributed by atoms with Gasteiger partial charge in [0, 0.05) is 14.3 Å². The minimum atomic E-state index is 0.195. The van der Waals surface area contributed by atoms with Crippen molar-refractivity contribution in [2.75, 3.05) is 7.05 Å². The minimum Gasteiger partial charge on any atom is -0.491 e. The third-order valence-electron chi connectivity index (χ3n) is 3.29. The Morgan fingerprint density at radius 1 is 1.10 bits per heavy atom. The Morgan fingerprint density at radius 2 is 1.95 bits per heavy atom. The summed E-state index contributed by atoms with van der Waals surface area (Å²) in [6.45, 7) is 4.10. The van der Waals surface area contributed by atoms with E-state index in [0.717, 1.165) is 5.75 Å². The van der Waals surface area contributed by atoms with Gasteiger partial charge >= 0.3 is 0 Å². The lowest BCUT2D eigenvalue weighted by Crippen LogP contribution is -2.16. The minimum absolute atomic E-state index is 0.195. The van der Waals surface area contributed by atoms with Gasteiger partial charge in [0.05, 0.1) is 12.1 Å². The quantitative estimate of drug-likeness (QED) is 0.710. The molecule has 2 heterocycles. The van der Waals surface area contributed by atoms with E-state index in [1.807, 2.05) is 24.5 Å². The summed E-state index contributed by atoms with van der Waals surface area (Å²) < 4.78 is 8.54. The fourth-order valence-electron chi connectivity index (χ4n) is 2.44. The molecule has 0 amide bonds. The van der Waals surface area contributed by atoms with Crippen LogP contribution in [0.5, 0.6) is 5.75 Å². The van der Waals surface area contributed by atoms with Gasteiger partial charge < -0.3 is 10.1 Å². The molecule has 3 aromatic rings. The summed E-state index contributed by atoms with van der Waals surface area (Å²) in [7, 11) is 2.01. The van der Waals surface area contributed by atoms with Crippen LogP contribution >= 0.6 is 22.7 Å². The van der Waals surface area contributed by atoms with Gasteiger partial charge in [0.2, 0.25) is 0 Å². The molecule has 0 spiro atoms. The Bertz CT molecular complexity index is 701. The highest BCUT2D eigenvalue weighted by Gasteiger charge is 2.16. The van der Waals surface area contributed by atoms with Crippen molar-refractivity contribution in [3.8, 4) is 5.75 Å². The van der Waals surface area contributed by atoms with Crippen LogP contribution in [-0.4, -0.2) is 13.2 Å². The molecule has 110 valence electrons. The van der Waals surface area contributed by atoms with Crippen molar-refractivity contribution in [2.24, 2.45) is 0 Å². The number of hydrogen-bond donors (Lipinski definition) is 1. The number of thiophene rings is 2. The van der Waals surface area contributed by atoms with E-state index in [-0.39, 0.29) is 12.1 Å². The average Bonchev–Trinajstić information content (AvgIpc) is 3.00. The first-order valence-electron chi connectivity index (χ1n) is 7.08. The fraction of sp³-hybridized carbons (Fsp3) is 0.294. The van der Waals surface area contributed by atoms with Gasteiger partial charge in [-0.05, 0) is 56.1 Å². The van der Waals surface area contributed by atoms with E-state index in [4.69, 9.17) is 4.74 Å². The molecule has 0 aliphatic rings. The predicted octanol–water partition coefficient (Wildman–Crippen LogP) is 5.06. The molecule has 3 rings (SSSR count). The van der Waals surface area contributed by atoms with Crippen LogP contribution in [0.4, 0.5) is 0 Å². The molecular formula is C17H19NOS2. The van der Waals surface area contributed by atoms with Crippen LogP contribution in [0.3, 0.4) is 0 Å². The number of ether oxygens (including phenoxy) is 1. The normalized spacial score (nSPS) is 13.0. The lowest BCUT2D eigenvalue weighted by Gasteiger charge is -2.17. The van der Waals surface area contributed by atoms with Crippen molar-refractivity contribution in [1.29, 1.82) is 0 Å². The van der Waals surface area contributed by atoms with Gasteiger partial charge in [-0.3, -0.25) is 0 Å². The molecule has 0 saturated heterocycles. The number of rotatable bonds is 5. The van der Waals surface area contributed by atoms with Crippen LogP contribution in [0.15, 0.2) is 41.8 Å². The Kier molecular flexibility index (Phi) is 4.29. The van der Waals surface area contributed by atoms with Crippen LogP contribution in [0.1, 0.15) is 30.3 Å². The zero-order chi connectivity index (χ0) is 14.8. The Balaban J connectivity index is 1.93. The van der Waals surface area contributed by atoms with Gasteiger partial charge in [-0.15, -0.1) is 22.7 Å². The predicted molar refractivity (Wildman–Crippen MR) is 92.8 cm³/mol. The molecular weight excluding hydrogens is 298 g/mol. The zero-order valence-corrected chi connectivity index (χ0v) is 14.1. The van der Waals surface area contributed by atoms with Crippen molar-refractivity contribution in [1.82, 2.24) is 5.32 Å². The molecule has 4 heteroatoms. The maximum absolute atomic E-state index is 5.81. The summed E-state index contributed by atoms with van der Waals surface area (Å²) >= 11 is 3.66. The van der Waals surface area contributed by atoms with E-state index in [1.54, 1.807) is 11.3 Å². The molecule has 1 unspecified atom stereocenters. The Labute approximate surface area is 133 Å². The highest BCUT2D eigenvalue weighted by Crippen LogP contribution is 2.36. The zero-order valence-electron chi connectivity index (χ0n) is 12.4. The van der Waals surface area contributed by atoms with Gasteiger partial charge in [-0.2, -0.15) is 0 Å².